The van der Waals surface area contributed by atoms with Crippen molar-refractivity contribution in [3.05, 3.63) is 35.2 Å². The molecule has 9 heteroatoms. The Morgan fingerprint density at radius 2 is 2.00 bits per heavy atom. The van der Waals surface area contributed by atoms with Crippen LogP contribution >= 0.6 is 11.6 Å². The number of nitrogen functional groups attached to an aromatic ring is 1. The summed E-state index contributed by atoms with van der Waals surface area (Å²) in [6, 6.07) is 5.07. The van der Waals surface area contributed by atoms with Crippen molar-refractivity contribution in [2.45, 2.75) is 5.16 Å². The maximum absolute atomic E-state index is 12.9. The van der Waals surface area contributed by atoms with E-state index in [0.29, 0.717) is 5.69 Å². The lowest BCUT2D eigenvalue weighted by Crippen LogP contribution is -2.07. The largest absolute Gasteiger partial charge is 0.397 e. The van der Waals surface area contributed by atoms with E-state index >= 15 is 0 Å². The lowest BCUT2D eigenvalue weighted by molar-refractivity contribution is 0.593. The van der Waals surface area contributed by atoms with Crippen LogP contribution in [0.1, 0.15) is 0 Å². The van der Waals surface area contributed by atoms with E-state index in [0.717, 1.165) is 12.3 Å². The summed E-state index contributed by atoms with van der Waals surface area (Å²) in [5.74, 6) is -0.339. The van der Waals surface area contributed by atoms with E-state index in [1.54, 1.807) is 0 Å². The number of halogens is 2. The number of benzene rings is 1. The summed E-state index contributed by atoms with van der Waals surface area (Å²) < 4.78 is 35.8. The predicted octanol–water partition coefficient (Wildman–Crippen LogP) is 2.00. The van der Waals surface area contributed by atoms with Crippen LogP contribution in [0.3, 0.4) is 0 Å². The van der Waals surface area contributed by atoms with Crippen molar-refractivity contribution in [3.63, 3.8) is 0 Å². The summed E-state index contributed by atoms with van der Waals surface area (Å²) in [5.41, 5.74) is 6.16. The first kappa shape index (κ1) is 14.5. The normalized spacial score (nSPS) is 11.3. The molecule has 0 spiro atoms. The molecular weight excluding hydrogens is 307 g/mol. The van der Waals surface area contributed by atoms with Gasteiger partial charge in [0.25, 0.3) is 0 Å². The highest BCUT2D eigenvalue weighted by molar-refractivity contribution is 7.90. The molecule has 0 amide bonds. The molecule has 0 aliphatic carbocycles. The molecule has 106 valence electrons. The Morgan fingerprint density at radius 3 is 2.60 bits per heavy atom. The van der Waals surface area contributed by atoms with Gasteiger partial charge in [-0.05, 0) is 18.2 Å². The molecule has 0 aliphatic heterocycles. The number of anilines is 3. The van der Waals surface area contributed by atoms with Gasteiger partial charge in [-0.2, -0.15) is 0 Å². The topological polar surface area (TPSA) is 98.0 Å². The second-order valence-corrected chi connectivity index (χ2v) is 6.28. The third-order valence-electron chi connectivity index (χ3n) is 2.28. The van der Waals surface area contributed by atoms with Gasteiger partial charge in [-0.3, -0.25) is 0 Å². The monoisotopic (exact) mass is 316 g/mol. The van der Waals surface area contributed by atoms with Crippen LogP contribution in [0.5, 0.6) is 0 Å². The van der Waals surface area contributed by atoms with Crippen molar-refractivity contribution >= 4 is 38.6 Å². The number of sulfone groups is 1. The highest BCUT2D eigenvalue weighted by Crippen LogP contribution is 2.24. The Balaban J connectivity index is 2.41. The molecule has 0 bridgehead atoms. The van der Waals surface area contributed by atoms with Crippen LogP contribution in [-0.4, -0.2) is 24.6 Å². The van der Waals surface area contributed by atoms with Crippen LogP contribution in [0.4, 0.5) is 21.6 Å². The third-order valence-corrected chi connectivity index (χ3v) is 3.32. The summed E-state index contributed by atoms with van der Waals surface area (Å²) >= 11 is 5.74. The van der Waals surface area contributed by atoms with Crippen molar-refractivity contribution in [3.8, 4) is 0 Å². The lowest BCUT2D eigenvalue weighted by Gasteiger charge is -2.09. The van der Waals surface area contributed by atoms with Gasteiger partial charge in [-0.15, -0.1) is 0 Å². The molecule has 0 aliphatic rings. The first-order valence-electron chi connectivity index (χ1n) is 5.32. The number of rotatable bonds is 3. The molecule has 0 saturated carbocycles. The van der Waals surface area contributed by atoms with E-state index < -0.39 is 20.8 Å². The molecule has 20 heavy (non-hydrogen) atoms. The number of nitrogens with two attached hydrogens (primary N) is 1. The minimum atomic E-state index is -3.59. The standard InChI is InChI=1S/C11H10ClFN4O2S/c1-20(18,19)11-16-9(12)5-10(17-11)15-8-3-2-6(13)4-7(8)14/h2-5H,14H2,1H3,(H,15,16,17). The van der Waals surface area contributed by atoms with Crippen LogP contribution in [-0.2, 0) is 9.84 Å². The van der Waals surface area contributed by atoms with Crippen molar-refractivity contribution in [2.24, 2.45) is 0 Å². The number of hydrogen-bond acceptors (Lipinski definition) is 6. The lowest BCUT2D eigenvalue weighted by atomic mass is 10.2. The first-order valence-corrected chi connectivity index (χ1v) is 7.59. The number of aromatic nitrogens is 2. The zero-order valence-electron chi connectivity index (χ0n) is 10.3. The Labute approximate surface area is 119 Å². The molecule has 0 unspecified atom stereocenters. The Hall–Kier alpha value is -1.93. The summed E-state index contributed by atoms with van der Waals surface area (Å²) in [6.07, 6.45) is 0.967. The average molecular weight is 317 g/mol. The molecule has 0 saturated heterocycles. The van der Waals surface area contributed by atoms with E-state index in [9.17, 15) is 12.8 Å². The van der Waals surface area contributed by atoms with Gasteiger partial charge in [-0.25, -0.2) is 22.8 Å². The van der Waals surface area contributed by atoms with Gasteiger partial charge in [0.15, 0.2) is 0 Å². The van der Waals surface area contributed by atoms with Gasteiger partial charge < -0.3 is 11.1 Å². The minimum absolute atomic E-state index is 0.0383. The fourth-order valence-electron chi connectivity index (χ4n) is 1.41. The smallest absolute Gasteiger partial charge is 0.250 e. The second kappa shape index (κ2) is 5.22. The van der Waals surface area contributed by atoms with Crippen LogP contribution in [0.2, 0.25) is 5.15 Å². The van der Waals surface area contributed by atoms with Crippen molar-refractivity contribution < 1.29 is 12.8 Å². The van der Waals surface area contributed by atoms with Crippen LogP contribution in [0, 0.1) is 5.82 Å². The van der Waals surface area contributed by atoms with Crippen molar-refractivity contribution in [1.29, 1.82) is 0 Å². The highest BCUT2D eigenvalue weighted by atomic mass is 35.5. The van der Waals surface area contributed by atoms with E-state index in [1.165, 1.54) is 18.2 Å². The summed E-state index contributed by atoms with van der Waals surface area (Å²) in [7, 11) is -3.59. The predicted molar refractivity (Wildman–Crippen MR) is 74.2 cm³/mol. The van der Waals surface area contributed by atoms with Gasteiger partial charge in [0.2, 0.25) is 15.0 Å². The minimum Gasteiger partial charge on any atom is -0.397 e. The second-order valence-electron chi connectivity index (χ2n) is 3.99. The molecule has 1 heterocycles. The zero-order valence-corrected chi connectivity index (χ0v) is 11.8. The maximum Gasteiger partial charge on any atom is 0.250 e. The SMILES string of the molecule is CS(=O)(=O)c1nc(Cl)cc(Nc2ccc(F)cc2N)n1. The Bertz CT molecular complexity index is 767. The van der Waals surface area contributed by atoms with E-state index in [1.807, 2.05) is 0 Å². The average Bonchev–Trinajstić information content (AvgIpc) is 2.31. The van der Waals surface area contributed by atoms with Crippen molar-refractivity contribution in [1.82, 2.24) is 9.97 Å². The number of nitrogens with one attached hydrogen (secondary N) is 1. The van der Waals surface area contributed by atoms with Gasteiger partial charge in [0.05, 0.1) is 11.4 Å². The zero-order chi connectivity index (χ0) is 14.9. The maximum atomic E-state index is 12.9. The fraction of sp³-hybridized carbons (Fsp3) is 0.0909. The molecule has 1 aromatic carbocycles. The Kier molecular flexibility index (Phi) is 3.78. The van der Waals surface area contributed by atoms with Gasteiger partial charge in [0, 0.05) is 12.3 Å². The molecular formula is C11H10ClFN4O2S. The molecule has 0 radical (unpaired) electrons. The van der Waals surface area contributed by atoms with Gasteiger partial charge in [0.1, 0.15) is 16.8 Å². The summed E-state index contributed by atoms with van der Waals surface area (Å²) in [6.45, 7) is 0. The van der Waals surface area contributed by atoms with E-state index in [2.05, 4.69) is 15.3 Å². The summed E-state index contributed by atoms with van der Waals surface area (Å²) in [5, 5.41) is 2.31. The highest BCUT2D eigenvalue weighted by Gasteiger charge is 2.14. The third kappa shape index (κ3) is 3.34. The molecule has 6 nitrogen and oxygen atoms in total. The molecule has 0 fully saturated rings. The summed E-state index contributed by atoms with van der Waals surface area (Å²) in [4.78, 5) is 7.44. The van der Waals surface area contributed by atoms with E-state index in [-0.39, 0.29) is 16.7 Å². The van der Waals surface area contributed by atoms with Crippen molar-refractivity contribution in [2.75, 3.05) is 17.3 Å². The van der Waals surface area contributed by atoms with Crippen LogP contribution in [0.15, 0.2) is 29.4 Å². The fourth-order valence-corrected chi connectivity index (χ4v) is 2.17. The number of hydrogen-bond donors (Lipinski definition) is 2. The molecule has 2 rings (SSSR count). The molecule has 2 aromatic rings. The Morgan fingerprint density at radius 1 is 1.30 bits per heavy atom. The number of nitrogens with zero attached hydrogens (tertiary/aromatic N) is 2. The molecule has 3 N–H and O–H groups in total. The molecule has 1 aromatic heterocycles. The van der Waals surface area contributed by atoms with Gasteiger partial charge >= 0.3 is 0 Å². The van der Waals surface area contributed by atoms with Crippen LogP contribution < -0.4 is 11.1 Å². The van der Waals surface area contributed by atoms with E-state index in [4.69, 9.17) is 17.3 Å². The molecule has 0 atom stereocenters. The van der Waals surface area contributed by atoms with Gasteiger partial charge in [-0.1, -0.05) is 11.6 Å². The first-order chi connectivity index (χ1) is 9.25. The quantitative estimate of drug-likeness (QED) is 0.510. The van der Waals surface area contributed by atoms with Crippen LogP contribution in [0.25, 0.3) is 0 Å².